The Morgan fingerprint density at radius 3 is 2.47 bits per heavy atom. The minimum atomic E-state index is 1.06. The molecular formula is C13H16N2. The SMILES string of the molecule is Cc1ccc2nc(C)cc(N(C)C)c2c1. The molecule has 78 valence electrons. The second-order valence-electron chi connectivity index (χ2n) is 4.20. The van der Waals surface area contributed by atoms with Crippen LogP contribution in [0.3, 0.4) is 0 Å². The molecule has 0 aliphatic rings. The molecule has 0 atom stereocenters. The standard InChI is InChI=1S/C13H16N2/c1-9-5-6-12-11(7-9)13(15(3)4)8-10(2)14-12/h5-8H,1-4H3. The number of aryl methyl sites for hydroxylation is 2. The predicted octanol–water partition coefficient (Wildman–Crippen LogP) is 2.92. The molecule has 0 saturated heterocycles. The zero-order chi connectivity index (χ0) is 11.0. The van der Waals surface area contributed by atoms with E-state index in [0.29, 0.717) is 0 Å². The number of nitrogens with zero attached hydrogens (tertiary/aromatic N) is 2. The number of hydrogen-bond acceptors (Lipinski definition) is 2. The van der Waals surface area contributed by atoms with Gasteiger partial charge in [-0.15, -0.1) is 0 Å². The van der Waals surface area contributed by atoms with Crippen LogP contribution >= 0.6 is 0 Å². The molecule has 15 heavy (non-hydrogen) atoms. The van der Waals surface area contributed by atoms with Gasteiger partial charge in [0.2, 0.25) is 0 Å². The first kappa shape index (κ1) is 9.97. The van der Waals surface area contributed by atoms with Crippen molar-refractivity contribution in [3.63, 3.8) is 0 Å². The van der Waals surface area contributed by atoms with Gasteiger partial charge in [-0.3, -0.25) is 4.98 Å². The Hall–Kier alpha value is -1.57. The number of benzene rings is 1. The maximum Gasteiger partial charge on any atom is 0.0726 e. The second-order valence-corrected chi connectivity index (χ2v) is 4.20. The van der Waals surface area contributed by atoms with Crippen molar-refractivity contribution in [3.05, 3.63) is 35.5 Å². The maximum absolute atomic E-state index is 4.53. The molecule has 1 heterocycles. The first-order valence-corrected chi connectivity index (χ1v) is 5.13. The largest absolute Gasteiger partial charge is 0.377 e. The third kappa shape index (κ3) is 1.80. The van der Waals surface area contributed by atoms with Crippen LogP contribution in [0.25, 0.3) is 10.9 Å². The van der Waals surface area contributed by atoms with Gasteiger partial charge >= 0.3 is 0 Å². The summed E-state index contributed by atoms with van der Waals surface area (Å²) >= 11 is 0. The molecule has 0 unspecified atom stereocenters. The summed E-state index contributed by atoms with van der Waals surface area (Å²) in [6.07, 6.45) is 0. The van der Waals surface area contributed by atoms with Gasteiger partial charge < -0.3 is 4.90 Å². The van der Waals surface area contributed by atoms with E-state index in [2.05, 4.69) is 55.2 Å². The Kier molecular flexibility index (Phi) is 2.35. The molecule has 1 aromatic carbocycles. The second kappa shape index (κ2) is 3.54. The highest BCUT2D eigenvalue weighted by atomic mass is 15.1. The van der Waals surface area contributed by atoms with Crippen molar-refractivity contribution in [2.75, 3.05) is 19.0 Å². The number of anilines is 1. The van der Waals surface area contributed by atoms with Crippen LogP contribution in [0.4, 0.5) is 5.69 Å². The summed E-state index contributed by atoms with van der Waals surface area (Å²) in [5.41, 5.74) is 4.65. The predicted molar refractivity (Wildman–Crippen MR) is 65.5 cm³/mol. The summed E-state index contributed by atoms with van der Waals surface area (Å²) in [4.78, 5) is 6.67. The van der Waals surface area contributed by atoms with Crippen molar-refractivity contribution >= 4 is 16.6 Å². The quantitative estimate of drug-likeness (QED) is 0.703. The van der Waals surface area contributed by atoms with Crippen molar-refractivity contribution in [3.8, 4) is 0 Å². The molecule has 2 nitrogen and oxygen atoms in total. The number of aromatic nitrogens is 1. The molecule has 0 saturated carbocycles. The summed E-state index contributed by atoms with van der Waals surface area (Å²) < 4.78 is 0. The van der Waals surface area contributed by atoms with Crippen LogP contribution in [-0.4, -0.2) is 19.1 Å². The summed E-state index contributed by atoms with van der Waals surface area (Å²) in [7, 11) is 4.13. The van der Waals surface area contributed by atoms with Gasteiger partial charge in [-0.2, -0.15) is 0 Å². The van der Waals surface area contributed by atoms with Gasteiger partial charge in [0, 0.05) is 30.9 Å². The Bertz CT molecular complexity index is 501. The lowest BCUT2D eigenvalue weighted by Gasteiger charge is -2.16. The van der Waals surface area contributed by atoms with E-state index in [1.807, 2.05) is 6.92 Å². The van der Waals surface area contributed by atoms with Crippen LogP contribution < -0.4 is 4.90 Å². The highest BCUT2D eigenvalue weighted by Gasteiger charge is 2.05. The fraction of sp³-hybridized carbons (Fsp3) is 0.308. The number of pyridine rings is 1. The number of rotatable bonds is 1. The lowest BCUT2D eigenvalue weighted by molar-refractivity contribution is 1.12. The fourth-order valence-corrected chi connectivity index (χ4v) is 1.82. The smallest absolute Gasteiger partial charge is 0.0726 e. The summed E-state index contributed by atoms with van der Waals surface area (Å²) in [6.45, 7) is 4.14. The van der Waals surface area contributed by atoms with E-state index in [0.717, 1.165) is 11.2 Å². The molecule has 0 N–H and O–H groups in total. The van der Waals surface area contributed by atoms with E-state index in [-0.39, 0.29) is 0 Å². The van der Waals surface area contributed by atoms with Gasteiger partial charge in [-0.05, 0) is 32.0 Å². The average Bonchev–Trinajstić information content (AvgIpc) is 2.17. The first-order valence-electron chi connectivity index (χ1n) is 5.13. The van der Waals surface area contributed by atoms with Crippen LogP contribution in [0.5, 0.6) is 0 Å². The minimum absolute atomic E-state index is 1.06. The minimum Gasteiger partial charge on any atom is -0.377 e. The van der Waals surface area contributed by atoms with Crippen molar-refractivity contribution in [2.45, 2.75) is 13.8 Å². The van der Waals surface area contributed by atoms with E-state index in [9.17, 15) is 0 Å². The third-order valence-corrected chi connectivity index (χ3v) is 2.55. The molecule has 2 heteroatoms. The zero-order valence-corrected chi connectivity index (χ0v) is 9.70. The molecule has 0 aliphatic carbocycles. The van der Waals surface area contributed by atoms with E-state index < -0.39 is 0 Å². The molecule has 0 fully saturated rings. The van der Waals surface area contributed by atoms with Crippen LogP contribution in [0.15, 0.2) is 24.3 Å². The molecule has 1 aromatic heterocycles. The Morgan fingerprint density at radius 2 is 1.80 bits per heavy atom. The molecule has 0 radical (unpaired) electrons. The van der Waals surface area contributed by atoms with Gasteiger partial charge in [-0.25, -0.2) is 0 Å². The normalized spacial score (nSPS) is 10.7. The topological polar surface area (TPSA) is 16.1 Å². The number of fused-ring (bicyclic) bond motifs is 1. The van der Waals surface area contributed by atoms with Crippen LogP contribution in [0.2, 0.25) is 0 Å². The van der Waals surface area contributed by atoms with Gasteiger partial charge in [0.1, 0.15) is 0 Å². The molecule has 2 rings (SSSR count). The van der Waals surface area contributed by atoms with Crippen molar-refractivity contribution in [1.29, 1.82) is 0 Å². The van der Waals surface area contributed by atoms with Gasteiger partial charge in [0.25, 0.3) is 0 Å². The van der Waals surface area contributed by atoms with Crippen LogP contribution in [0, 0.1) is 13.8 Å². The van der Waals surface area contributed by atoms with E-state index in [4.69, 9.17) is 0 Å². The van der Waals surface area contributed by atoms with Crippen LogP contribution in [-0.2, 0) is 0 Å². The summed E-state index contributed by atoms with van der Waals surface area (Å²) in [5, 5.41) is 1.23. The summed E-state index contributed by atoms with van der Waals surface area (Å²) in [5.74, 6) is 0. The van der Waals surface area contributed by atoms with Crippen molar-refractivity contribution < 1.29 is 0 Å². The van der Waals surface area contributed by atoms with Crippen molar-refractivity contribution in [1.82, 2.24) is 4.98 Å². The first-order chi connectivity index (χ1) is 7.08. The van der Waals surface area contributed by atoms with Gasteiger partial charge in [-0.1, -0.05) is 11.6 Å². The fourth-order valence-electron chi connectivity index (χ4n) is 1.82. The summed E-state index contributed by atoms with van der Waals surface area (Å²) in [6, 6.07) is 8.51. The zero-order valence-electron chi connectivity index (χ0n) is 9.70. The maximum atomic E-state index is 4.53. The highest BCUT2D eigenvalue weighted by Crippen LogP contribution is 2.25. The molecule has 0 amide bonds. The molecule has 0 spiro atoms. The lowest BCUT2D eigenvalue weighted by atomic mass is 10.1. The van der Waals surface area contributed by atoms with E-state index >= 15 is 0 Å². The van der Waals surface area contributed by atoms with Crippen LogP contribution in [0.1, 0.15) is 11.3 Å². The molecule has 0 aliphatic heterocycles. The molecule has 0 bridgehead atoms. The molecule has 2 aromatic rings. The van der Waals surface area contributed by atoms with E-state index in [1.165, 1.54) is 16.6 Å². The Labute approximate surface area is 90.6 Å². The van der Waals surface area contributed by atoms with Gasteiger partial charge in [0.05, 0.1) is 5.52 Å². The molecular weight excluding hydrogens is 184 g/mol. The monoisotopic (exact) mass is 200 g/mol. The highest BCUT2D eigenvalue weighted by molar-refractivity contribution is 5.92. The van der Waals surface area contributed by atoms with Gasteiger partial charge in [0.15, 0.2) is 0 Å². The number of hydrogen-bond donors (Lipinski definition) is 0. The Morgan fingerprint density at radius 1 is 1.07 bits per heavy atom. The van der Waals surface area contributed by atoms with Crippen molar-refractivity contribution in [2.24, 2.45) is 0 Å². The lowest BCUT2D eigenvalue weighted by Crippen LogP contribution is -2.09. The average molecular weight is 200 g/mol. The van der Waals surface area contributed by atoms with E-state index in [1.54, 1.807) is 0 Å². The Balaban J connectivity index is 2.81. The third-order valence-electron chi connectivity index (χ3n) is 2.55.